The van der Waals surface area contributed by atoms with Gasteiger partial charge in [0.1, 0.15) is 0 Å². The standard InChI is InChI=1S/C10H12F3NO/c11-10(12,13)9(15)8(6-14)7-4-2-1-3-5-7/h1-5,8-9,15H,6,14H2. The highest BCUT2D eigenvalue weighted by Crippen LogP contribution is 2.30. The van der Waals surface area contributed by atoms with Crippen molar-refractivity contribution in [2.24, 2.45) is 5.73 Å². The van der Waals surface area contributed by atoms with Crippen LogP contribution in [0.15, 0.2) is 30.3 Å². The van der Waals surface area contributed by atoms with E-state index in [1.54, 1.807) is 18.2 Å². The number of aliphatic hydroxyl groups excluding tert-OH is 1. The number of aliphatic hydroxyl groups is 1. The van der Waals surface area contributed by atoms with Crippen molar-refractivity contribution < 1.29 is 18.3 Å². The highest BCUT2D eigenvalue weighted by Gasteiger charge is 2.43. The van der Waals surface area contributed by atoms with Crippen molar-refractivity contribution in [2.45, 2.75) is 18.2 Å². The first-order valence-electron chi connectivity index (χ1n) is 4.46. The molecule has 1 aromatic rings. The topological polar surface area (TPSA) is 46.2 Å². The van der Waals surface area contributed by atoms with Crippen LogP contribution in [0.2, 0.25) is 0 Å². The predicted octanol–water partition coefficient (Wildman–Crippen LogP) is 1.65. The summed E-state index contributed by atoms with van der Waals surface area (Å²) >= 11 is 0. The Morgan fingerprint density at radius 3 is 2.13 bits per heavy atom. The maximum absolute atomic E-state index is 12.3. The van der Waals surface area contributed by atoms with Gasteiger partial charge in [-0.1, -0.05) is 30.3 Å². The summed E-state index contributed by atoms with van der Waals surface area (Å²) in [5.74, 6) is -1.11. The summed E-state index contributed by atoms with van der Waals surface area (Å²) in [7, 11) is 0. The number of alkyl halides is 3. The van der Waals surface area contributed by atoms with Gasteiger partial charge in [0.2, 0.25) is 0 Å². The zero-order valence-corrected chi connectivity index (χ0v) is 7.91. The number of hydrogen-bond acceptors (Lipinski definition) is 2. The van der Waals surface area contributed by atoms with Gasteiger partial charge >= 0.3 is 6.18 Å². The molecule has 0 heterocycles. The summed E-state index contributed by atoms with van der Waals surface area (Å²) in [6.45, 7) is -0.245. The molecular weight excluding hydrogens is 207 g/mol. The first-order valence-corrected chi connectivity index (χ1v) is 4.46. The summed E-state index contributed by atoms with van der Waals surface area (Å²) < 4.78 is 36.8. The largest absolute Gasteiger partial charge is 0.414 e. The molecule has 0 aliphatic rings. The van der Waals surface area contributed by atoms with Crippen LogP contribution in [0.1, 0.15) is 11.5 Å². The molecule has 0 amide bonds. The van der Waals surface area contributed by atoms with Gasteiger partial charge in [0.05, 0.1) is 0 Å². The Bertz CT molecular complexity index is 299. The summed E-state index contributed by atoms with van der Waals surface area (Å²) in [6.07, 6.45) is -7.05. The molecule has 0 aliphatic heterocycles. The number of rotatable bonds is 3. The predicted molar refractivity (Wildman–Crippen MR) is 50.3 cm³/mol. The summed E-state index contributed by atoms with van der Waals surface area (Å²) in [5.41, 5.74) is 5.64. The highest BCUT2D eigenvalue weighted by molar-refractivity contribution is 5.21. The van der Waals surface area contributed by atoms with Crippen LogP contribution in [0, 0.1) is 0 Å². The third kappa shape index (κ3) is 2.94. The van der Waals surface area contributed by atoms with Crippen LogP contribution >= 0.6 is 0 Å². The van der Waals surface area contributed by atoms with Gasteiger partial charge < -0.3 is 10.8 Å². The third-order valence-electron chi connectivity index (χ3n) is 2.20. The zero-order chi connectivity index (χ0) is 11.5. The van der Waals surface area contributed by atoms with E-state index in [0.717, 1.165) is 0 Å². The van der Waals surface area contributed by atoms with Gasteiger partial charge in [-0.2, -0.15) is 13.2 Å². The van der Waals surface area contributed by atoms with Crippen LogP contribution in [0.25, 0.3) is 0 Å². The minimum atomic E-state index is -4.64. The molecule has 0 saturated heterocycles. The molecule has 2 atom stereocenters. The average Bonchev–Trinajstić information content (AvgIpc) is 2.19. The van der Waals surface area contributed by atoms with Crippen molar-refractivity contribution in [3.63, 3.8) is 0 Å². The lowest BCUT2D eigenvalue weighted by atomic mass is 9.93. The maximum atomic E-state index is 12.3. The fourth-order valence-corrected chi connectivity index (χ4v) is 1.38. The molecular formula is C10H12F3NO. The number of hydrogen-bond donors (Lipinski definition) is 2. The lowest BCUT2D eigenvalue weighted by molar-refractivity contribution is -0.209. The van der Waals surface area contributed by atoms with E-state index in [1.165, 1.54) is 12.1 Å². The molecule has 0 fully saturated rings. The van der Waals surface area contributed by atoms with Gasteiger partial charge in [-0.15, -0.1) is 0 Å². The number of benzene rings is 1. The zero-order valence-electron chi connectivity index (χ0n) is 7.91. The lowest BCUT2D eigenvalue weighted by Crippen LogP contribution is -2.38. The first kappa shape index (κ1) is 12.0. The van der Waals surface area contributed by atoms with E-state index in [0.29, 0.717) is 5.56 Å². The average molecular weight is 219 g/mol. The normalized spacial score (nSPS) is 16.1. The van der Waals surface area contributed by atoms with Crippen LogP contribution in [0.3, 0.4) is 0 Å². The maximum Gasteiger partial charge on any atom is 0.414 e. The van der Waals surface area contributed by atoms with Crippen molar-refractivity contribution in [1.29, 1.82) is 0 Å². The monoisotopic (exact) mass is 219 g/mol. The van der Waals surface area contributed by atoms with Gasteiger partial charge in [-0.3, -0.25) is 0 Å². The Kier molecular flexibility index (Phi) is 3.71. The molecule has 0 spiro atoms. The highest BCUT2D eigenvalue weighted by atomic mass is 19.4. The number of nitrogens with two attached hydrogens (primary N) is 1. The SMILES string of the molecule is NCC(c1ccccc1)C(O)C(F)(F)F. The molecule has 0 aliphatic carbocycles. The molecule has 1 rings (SSSR count). The van der Waals surface area contributed by atoms with Gasteiger partial charge in [0, 0.05) is 12.5 Å². The Hall–Kier alpha value is -1.07. The van der Waals surface area contributed by atoms with Crippen molar-refractivity contribution in [3.05, 3.63) is 35.9 Å². The molecule has 3 N–H and O–H groups in total. The quantitative estimate of drug-likeness (QED) is 0.812. The van der Waals surface area contributed by atoms with E-state index in [1.807, 2.05) is 0 Å². The molecule has 1 aromatic carbocycles. The molecule has 0 bridgehead atoms. The van der Waals surface area contributed by atoms with Crippen LogP contribution in [0.5, 0.6) is 0 Å². The van der Waals surface area contributed by atoms with Crippen molar-refractivity contribution in [3.8, 4) is 0 Å². The second-order valence-electron chi connectivity index (χ2n) is 3.24. The van der Waals surface area contributed by atoms with E-state index < -0.39 is 18.2 Å². The molecule has 0 saturated carbocycles. The molecule has 5 heteroatoms. The van der Waals surface area contributed by atoms with Gasteiger partial charge in [-0.25, -0.2) is 0 Å². The Morgan fingerprint density at radius 1 is 1.20 bits per heavy atom. The Balaban J connectivity index is 2.90. The first-order chi connectivity index (χ1) is 6.96. The van der Waals surface area contributed by atoms with E-state index in [2.05, 4.69) is 0 Å². The second-order valence-corrected chi connectivity index (χ2v) is 3.24. The van der Waals surface area contributed by atoms with Crippen molar-refractivity contribution in [2.75, 3.05) is 6.54 Å². The summed E-state index contributed by atoms with van der Waals surface area (Å²) in [4.78, 5) is 0. The molecule has 15 heavy (non-hydrogen) atoms. The fraction of sp³-hybridized carbons (Fsp3) is 0.400. The van der Waals surface area contributed by atoms with Crippen molar-refractivity contribution in [1.82, 2.24) is 0 Å². The minimum absolute atomic E-state index is 0.245. The van der Waals surface area contributed by atoms with Crippen LogP contribution in [-0.4, -0.2) is 23.9 Å². The summed E-state index contributed by atoms with van der Waals surface area (Å²) in [5, 5.41) is 9.09. The van der Waals surface area contributed by atoms with Gasteiger partial charge in [0.15, 0.2) is 6.10 Å². The molecule has 2 unspecified atom stereocenters. The van der Waals surface area contributed by atoms with Gasteiger partial charge in [0.25, 0.3) is 0 Å². The van der Waals surface area contributed by atoms with Crippen molar-refractivity contribution >= 4 is 0 Å². The van der Waals surface area contributed by atoms with E-state index in [9.17, 15) is 13.2 Å². The van der Waals surface area contributed by atoms with Crippen LogP contribution in [-0.2, 0) is 0 Å². The smallest absolute Gasteiger partial charge is 0.383 e. The third-order valence-corrected chi connectivity index (χ3v) is 2.20. The number of halogens is 3. The van der Waals surface area contributed by atoms with E-state index in [4.69, 9.17) is 10.8 Å². The molecule has 0 aromatic heterocycles. The fourth-order valence-electron chi connectivity index (χ4n) is 1.38. The molecule has 84 valence electrons. The van der Waals surface area contributed by atoms with Crippen LogP contribution in [0.4, 0.5) is 13.2 Å². The second kappa shape index (κ2) is 4.63. The molecule has 0 radical (unpaired) electrons. The van der Waals surface area contributed by atoms with Crippen LogP contribution < -0.4 is 5.73 Å². The molecule has 2 nitrogen and oxygen atoms in total. The lowest BCUT2D eigenvalue weighted by Gasteiger charge is -2.23. The Labute approximate surface area is 85.5 Å². The summed E-state index contributed by atoms with van der Waals surface area (Å²) in [6, 6.07) is 7.96. The van der Waals surface area contributed by atoms with E-state index >= 15 is 0 Å². The Morgan fingerprint density at radius 2 is 1.73 bits per heavy atom. The van der Waals surface area contributed by atoms with Gasteiger partial charge in [-0.05, 0) is 5.56 Å². The van der Waals surface area contributed by atoms with E-state index in [-0.39, 0.29) is 6.54 Å². The minimum Gasteiger partial charge on any atom is -0.383 e.